The predicted octanol–water partition coefficient (Wildman–Crippen LogP) is 5.74. The van der Waals surface area contributed by atoms with Crippen LogP contribution in [0.25, 0.3) is 6.08 Å². The fourth-order valence-electron chi connectivity index (χ4n) is 3.32. The second-order valence-corrected chi connectivity index (χ2v) is 8.75. The van der Waals surface area contributed by atoms with Crippen LogP contribution in [0.2, 0.25) is 5.02 Å². The van der Waals surface area contributed by atoms with E-state index in [1.165, 1.54) is 16.8 Å². The fraction of sp³-hybridized carbons (Fsp3) is 0.250. The van der Waals surface area contributed by atoms with Gasteiger partial charge in [0.2, 0.25) is 5.17 Å². The number of carbonyl (C=O) groups is 1. The number of nitrogens with zero attached hydrogens (tertiary/aromatic N) is 3. The Labute approximate surface area is 201 Å². The van der Waals surface area contributed by atoms with Crippen LogP contribution in [-0.2, 0) is 11.4 Å². The van der Waals surface area contributed by atoms with Crippen LogP contribution >= 0.6 is 23.4 Å². The Morgan fingerprint density at radius 3 is 2.70 bits per heavy atom. The molecule has 9 heteroatoms. The molecule has 4 rings (SSSR count). The van der Waals surface area contributed by atoms with Gasteiger partial charge in [0.15, 0.2) is 17.3 Å². The molecule has 2 aliphatic heterocycles. The molecule has 2 heterocycles. The van der Waals surface area contributed by atoms with Crippen LogP contribution in [0.1, 0.15) is 37.8 Å². The molecule has 2 aliphatic rings. The number of amidine groups is 2. The lowest BCUT2D eigenvalue weighted by molar-refractivity contribution is -0.114. The minimum atomic E-state index is -0.481. The van der Waals surface area contributed by atoms with Crippen molar-refractivity contribution in [3.8, 4) is 11.5 Å². The Balaban J connectivity index is 1.62. The van der Waals surface area contributed by atoms with E-state index < -0.39 is 5.91 Å². The molecule has 33 heavy (non-hydrogen) atoms. The number of rotatable bonds is 8. The van der Waals surface area contributed by atoms with Crippen LogP contribution in [-0.4, -0.2) is 33.6 Å². The average Bonchev–Trinajstić information content (AvgIpc) is 3.20. The smallest absolute Gasteiger partial charge is 0.283 e. The van der Waals surface area contributed by atoms with Gasteiger partial charge in [0.05, 0.1) is 17.2 Å². The molecule has 7 nitrogen and oxygen atoms in total. The van der Waals surface area contributed by atoms with Crippen LogP contribution in [0.5, 0.6) is 11.5 Å². The Hall–Kier alpha value is -3.10. The van der Waals surface area contributed by atoms with E-state index in [2.05, 4.69) is 17.0 Å². The standard InChI is InChI=1S/C24H23ClN4O3S/c1-3-8-20-28-29-22(26)17(23(30)27-24(29)33-20)11-16-12-18(25)21(19(13-16)31-4-2)32-14-15-9-6-5-7-10-15/h5-7,9-13,26H,3-4,8,14H2,1-2H3/b17-11-,26-22?. The van der Waals surface area contributed by atoms with Crippen LogP contribution < -0.4 is 9.47 Å². The average molecular weight is 483 g/mol. The third kappa shape index (κ3) is 5.12. The highest BCUT2D eigenvalue weighted by Gasteiger charge is 2.35. The minimum absolute atomic E-state index is 0.0120. The minimum Gasteiger partial charge on any atom is -0.490 e. The van der Waals surface area contributed by atoms with Crippen molar-refractivity contribution in [3.05, 3.63) is 64.2 Å². The number of hydrazone groups is 1. The summed E-state index contributed by atoms with van der Waals surface area (Å²) in [5.74, 6) is 0.402. The number of carbonyl (C=O) groups excluding carboxylic acids is 1. The Morgan fingerprint density at radius 2 is 1.97 bits per heavy atom. The molecule has 0 aliphatic carbocycles. The van der Waals surface area contributed by atoms with Gasteiger partial charge >= 0.3 is 0 Å². The van der Waals surface area contributed by atoms with Crippen molar-refractivity contribution in [1.29, 1.82) is 5.41 Å². The highest BCUT2D eigenvalue weighted by Crippen LogP contribution is 2.38. The number of thioether (sulfide) groups is 1. The number of fused-ring (bicyclic) bond motifs is 1. The van der Waals surface area contributed by atoms with Gasteiger partial charge in [0.25, 0.3) is 5.91 Å². The molecule has 2 aromatic carbocycles. The highest BCUT2D eigenvalue weighted by atomic mass is 35.5. The van der Waals surface area contributed by atoms with Gasteiger partial charge in [0.1, 0.15) is 11.7 Å². The zero-order valence-electron chi connectivity index (χ0n) is 18.3. The third-order valence-electron chi connectivity index (χ3n) is 4.83. The van der Waals surface area contributed by atoms with Crippen LogP contribution in [0.4, 0.5) is 0 Å². The molecule has 0 saturated carbocycles. The molecule has 1 N–H and O–H groups in total. The molecule has 0 atom stereocenters. The van der Waals surface area contributed by atoms with E-state index in [9.17, 15) is 4.79 Å². The van der Waals surface area contributed by atoms with Crippen molar-refractivity contribution < 1.29 is 14.3 Å². The van der Waals surface area contributed by atoms with Crippen molar-refractivity contribution in [2.45, 2.75) is 33.3 Å². The number of hydrogen-bond donors (Lipinski definition) is 1. The van der Waals surface area contributed by atoms with E-state index in [0.717, 1.165) is 23.4 Å². The first-order valence-corrected chi connectivity index (χ1v) is 11.8. The molecule has 0 spiro atoms. The van der Waals surface area contributed by atoms with Crippen molar-refractivity contribution in [2.75, 3.05) is 6.61 Å². The van der Waals surface area contributed by atoms with Gasteiger partial charge in [-0.05, 0) is 60.9 Å². The van der Waals surface area contributed by atoms with Gasteiger partial charge in [-0.3, -0.25) is 10.2 Å². The number of benzene rings is 2. The number of amides is 1. The zero-order valence-corrected chi connectivity index (χ0v) is 19.9. The van der Waals surface area contributed by atoms with E-state index in [1.807, 2.05) is 37.3 Å². The Kier molecular flexibility index (Phi) is 7.15. The summed E-state index contributed by atoms with van der Waals surface area (Å²) in [6, 6.07) is 13.2. The van der Waals surface area contributed by atoms with Crippen LogP contribution in [0, 0.1) is 5.41 Å². The lowest BCUT2D eigenvalue weighted by Crippen LogP contribution is -2.35. The second kappa shape index (κ2) is 10.2. The quantitative estimate of drug-likeness (QED) is 0.485. The van der Waals surface area contributed by atoms with Gasteiger partial charge in [0, 0.05) is 0 Å². The molecule has 0 bridgehead atoms. The summed E-state index contributed by atoms with van der Waals surface area (Å²) in [6.07, 6.45) is 3.28. The highest BCUT2D eigenvalue weighted by molar-refractivity contribution is 8.26. The van der Waals surface area contributed by atoms with E-state index in [-0.39, 0.29) is 11.4 Å². The van der Waals surface area contributed by atoms with Crippen LogP contribution in [0.3, 0.4) is 0 Å². The Morgan fingerprint density at radius 1 is 1.18 bits per heavy atom. The van der Waals surface area contributed by atoms with Gasteiger partial charge in [-0.15, -0.1) is 0 Å². The molecule has 0 saturated heterocycles. The number of hydrogen-bond acceptors (Lipinski definition) is 6. The normalized spacial score (nSPS) is 16.6. The van der Waals surface area contributed by atoms with Crippen LogP contribution in [0.15, 0.2) is 58.1 Å². The Bertz CT molecular complexity index is 1180. The second-order valence-electron chi connectivity index (χ2n) is 7.30. The first kappa shape index (κ1) is 23.1. The summed E-state index contributed by atoms with van der Waals surface area (Å²) in [4.78, 5) is 16.8. The summed E-state index contributed by atoms with van der Waals surface area (Å²) in [6.45, 7) is 4.68. The van der Waals surface area contributed by atoms with E-state index in [4.69, 9.17) is 26.5 Å². The number of nitrogens with one attached hydrogen (secondary N) is 1. The molecular weight excluding hydrogens is 460 g/mol. The first-order valence-electron chi connectivity index (χ1n) is 10.6. The maximum Gasteiger partial charge on any atom is 0.283 e. The summed E-state index contributed by atoms with van der Waals surface area (Å²) >= 11 is 7.87. The maximum absolute atomic E-state index is 12.7. The van der Waals surface area contributed by atoms with E-state index in [0.29, 0.717) is 40.5 Å². The lowest BCUT2D eigenvalue weighted by atomic mass is 10.1. The summed E-state index contributed by atoms with van der Waals surface area (Å²) < 4.78 is 11.7. The van der Waals surface area contributed by atoms with Gasteiger partial charge in [-0.1, -0.05) is 48.9 Å². The predicted molar refractivity (Wildman–Crippen MR) is 133 cm³/mol. The van der Waals surface area contributed by atoms with E-state index in [1.54, 1.807) is 18.2 Å². The summed E-state index contributed by atoms with van der Waals surface area (Å²) in [7, 11) is 0. The van der Waals surface area contributed by atoms with Crippen molar-refractivity contribution in [1.82, 2.24) is 5.01 Å². The molecule has 1 amide bonds. The SMILES string of the molecule is CCCC1=NN2C(=N)/C(=C/c3cc(Cl)c(OCc4ccccc4)c(OCC)c3)C(=O)N=C2S1. The number of aliphatic imine (C=N–C) groups is 1. The molecule has 2 aromatic rings. The van der Waals surface area contributed by atoms with Crippen molar-refractivity contribution in [2.24, 2.45) is 10.1 Å². The molecule has 170 valence electrons. The topological polar surface area (TPSA) is 87.3 Å². The monoisotopic (exact) mass is 482 g/mol. The largest absolute Gasteiger partial charge is 0.490 e. The maximum atomic E-state index is 12.7. The zero-order chi connectivity index (χ0) is 23.4. The van der Waals surface area contributed by atoms with Crippen molar-refractivity contribution >= 4 is 51.4 Å². The fourth-order valence-corrected chi connectivity index (χ4v) is 4.58. The molecule has 0 unspecified atom stereocenters. The number of halogens is 1. The molecular formula is C24H23ClN4O3S. The third-order valence-corrected chi connectivity index (χ3v) is 6.08. The lowest BCUT2D eigenvalue weighted by Gasteiger charge is -2.20. The molecule has 0 aromatic heterocycles. The van der Waals surface area contributed by atoms with Gasteiger partial charge in [-0.25, -0.2) is 0 Å². The molecule has 0 fully saturated rings. The van der Waals surface area contributed by atoms with Gasteiger partial charge in [-0.2, -0.15) is 15.1 Å². The number of ether oxygens (including phenoxy) is 2. The molecule has 0 radical (unpaired) electrons. The van der Waals surface area contributed by atoms with Gasteiger partial charge < -0.3 is 9.47 Å². The van der Waals surface area contributed by atoms with Crippen molar-refractivity contribution in [3.63, 3.8) is 0 Å². The summed E-state index contributed by atoms with van der Waals surface area (Å²) in [5.41, 5.74) is 1.74. The first-order chi connectivity index (χ1) is 16.0. The summed E-state index contributed by atoms with van der Waals surface area (Å²) in [5, 5.41) is 16.0. The van der Waals surface area contributed by atoms with E-state index >= 15 is 0 Å².